The molecule has 148 valence electrons. The van der Waals surface area contributed by atoms with Crippen molar-refractivity contribution in [3.8, 4) is 0 Å². The molecule has 0 spiro atoms. The van der Waals surface area contributed by atoms with Crippen molar-refractivity contribution < 1.29 is 14.3 Å². The smallest absolute Gasteiger partial charge is 0.251 e. The first-order valence-corrected chi connectivity index (χ1v) is 10.6. The topological polar surface area (TPSA) is 58.6 Å². The second-order valence-electron chi connectivity index (χ2n) is 6.67. The van der Waals surface area contributed by atoms with E-state index < -0.39 is 0 Å². The van der Waals surface area contributed by atoms with E-state index in [1.165, 1.54) is 11.8 Å². The van der Waals surface area contributed by atoms with E-state index in [0.29, 0.717) is 23.4 Å². The number of ketones is 1. The highest BCUT2D eigenvalue weighted by molar-refractivity contribution is 8.00. The minimum Gasteiger partial charge on any atom is -0.379 e. The number of nitrogens with one attached hydrogen (secondary N) is 1. The lowest BCUT2D eigenvalue weighted by molar-refractivity contribution is 0.0374. The number of morpholine rings is 1. The standard InChI is InChI=1S/C22H26N2O3S/c25-21(18-6-2-1-3-7-18)17-28-20-9-4-8-19(16-20)22(26)23-10-5-11-24-12-14-27-15-13-24/h1-4,6-9,16H,5,10-15,17H2,(H,23,26). The summed E-state index contributed by atoms with van der Waals surface area (Å²) in [5.41, 5.74) is 1.34. The molecule has 1 heterocycles. The second kappa shape index (κ2) is 11.0. The Bertz CT molecular complexity index is 776. The first-order valence-electron chi connectivity index (χ1n) is 9.62. The van der Waals surface area contributed by atoms with Gasteiger partial charge in [0.15, 0.2) is 5.78 Å². The molecule has 2 aromatic rings. The molecule has 0 radical (unpaired) electrons. The van der Waals surface area contributed by atoms with Crippen LogP contribution in [0.1, 0.15) is 27.1 Å². The zero-order chi connectivity index (χ0) is 19.6. The Morgan fingerprint density at radius 2 is 1.75 bits per heavy atom. The predicted molar refractivity (Wildman–Crippen MR) is 112 cm³/mol. The number of carbonyl (C=O) groups is 2. The van der Waals surface area contributed by atoms with Crippen molar-refractivity contribution in [1.29, 1.82) is 0 Å². The number of thioether (sulfide) groups is 1. The number of ether oxygens (including phenoxy) is 1. The van der Waals surface area contributed by atoms with E-state index >= 15 is 0 Å². The summed E-state index contributed by atoms with van der Waals surface area (Å²) in [7, 11) is 0. The molecule has 1 amide bonds. The molecule has 5 nitrogen and oxygen atoms in total. The van der Waals surface area contributed by atoms with Crippen LogP contribution in [-0.2, 0) is 4.74 Å². The number of rotatable bonds is 9. The number of Topliss-reactive ketones (excluding diaryl/α,β-unsaturated/α-hetero) is 1. The molecule has 3 rings (SSSR count). The molecule has 0 bridgehead atoms. The highest BCUT2D eigenvalue weighted by Gasteiger charge is 2.11. The van der Waals surface area contributed by atoms with E-state index in [1.807, 2.05) is 48.5 Å². The third kappa shape index (κ3) is 6.48. The van der Waals surface area contributed by atoms with Crippen molar-refractivity contribution in [1.82, 2.24) is 10.2 Å². The molecule has 6 heteroatoms. The van der Waals surface area contributed by atoms with Crippen molar-refractivity contribution in [2.75, 3.05) is 45.1 Å². The van der Waals surface area contributed by atoms with E-state index in [2.05, 4.69) is 10.2 Å². The summed E-state index contributed by atoms with van der Waals surface area (Å²) < 4.78 is 5.34. The van der Waals surface area contributed by atoms with Crippen molar-refractivity contribution in [2.24, 2.45) is 0 Å². The van der Waals surface area contributed by atoms with Crippen molar-refractivity contribution in [3.05, 3.63) is 65.7 Å². The maximum Gasteiger partial charge on any atom is 0.251 e. The van der Waals surface area contributed by atoms with Gasteiger partial charge in [-0.1, -0.05) is 36.4 Å². The van der Waals surface area contributed by atoms with Gasteiger partial charge in [0.25, 0.3) is 5.91 Å². The van der Waals surface area contributed by atoms with Crippen LogP contribution in [0.2, 0.25) is 0 Å². The van der Waals surface area contributed by atoms with Crippen LogP contribution in [-0.4, -0.2) is 61.7 Å². The van der Waals surface area contributed by atoms with Gasteiger partial charge in [0.1, 0.15) is 0 Å². The van der Waals surface area contributed by atoms with Crippen LogP contribution in [0.5, 0.6) is 0 Å². The average molecular weight is 399 g/mol. The van der Waals surface area contributed by atoms with Crippen LogP contribution in [0, 0.1) is 0 Å². The third-order valence-electron chi connectivity index (χ3n) is 4.60. The zero-order valence-electron chi connectivity index (χ0n) is 15.9. The van der Waals surface area contributed by atoms with Crippen LogP contribution in [0.15, 0.2) is 59.5 Å². The predicted octanol–water partition coefficient (Wildman–Crippen LogP) is 3.11. The molecule has 0 atom stereocenters. The fraction of sp³-hybridized carbons (Fsp3) is 0.364. The van der Waals surface area contributed by atoms with Crippen LogP contribution in [0.25, 0.3) is 0 Å². The Labute approximate surface area is 170 Å². The molecular formula is C22H26N2O3S. The molecule has 0 saturated carbocycles. The first kappa shape index (κ1) is 20.6. The van der Waals surface area contributed by atoms with Gasteiger partial charge in [-0.2, -0.15) is 0 Å². The lowest BCUT2D eigenvalue weighted by atomic mass is 10.2. The van der Waals surface area contributed by atoms with Gasteiger partial charge in [0.2, 0.25) is 0 Å². The molecule has 2 aromatic carbocycles. The molecule has 0 aliphatic carbocycles. The molecule has 1 N–H and O–H groups in total. The van der Waals surface area contributed by atoms with E-state index in [0.717, 1.165) is 44.2 Å². The van der Waals surface area contributed by atoms with Crippen molar-refractivity contribution in [2.45, 2.75) is 11.3 Å². The summed E-state index contributed by atoms with van der Waals surface area (Å²) in [5.74, 6) is 0.372. The van der Waals surface area contributed by atoms with Crippen LogP contribution >= 0.6 is 11.8 Å². The lowest BCUT2D eigenvalue weighted by Gasteiger charge is -2.26. The van der Waals surface area contributed by atoms with Gasteiger partial charge in [-0.15, -0.1) is 11.8 Å². The number of amides is 1. The molecule has 1 aliphatic rings. The number of hydrogen-bond donors (Lipinski definition) is 1. The van der Waals surface area contributed by atoms with E-state index in [4.69, 9.17) is 4.74 Å². The Morgan fingerprint density at radius 3 is 2.54 bits per heavy atom. The Kier molecular flexibility index (Phi) is 8.08. The molecule has 28 heavy (non-hydrogen) atoms. The Balaban J connectivity index is 1.43. The SMILES string of the molecule is O=C(CSc1cccc(C(=O)NCCCN2CCOCC2)c1)c1ccccc1. The molecule has 1 aliphatic heterocycles. The van der Waals surface area contributed by atoms with Gasteiger partial charge in [0, 0.05) is 35.7 Å². The first-order chi connectivity index (χ1) is 13.7. The van der Waals surface area contributed by atoms with Gasteiger partial charge in [-0.3, -0.25) is 14.5 Å². The van der Waals surface area contributed by atoms with E-state index in [9.17, 15) is 9.59 Å². The quantitative estimate of drug-likeness (QED) is 0.400. The monoisotopic (exact) mass is 398 g/mol. The minimum absolute atomic E-state index is 0.0705. The average Bonchev–Trinajstić information content (AvgIpc) is 2.76. The molecule has 1 fully saturated rings. The van der Waals surface area contributed by atoms with Crippen molar-refractivity contribution >= 4 is 23.5 Å². The summed E-state index contributed by atoms with van der Waals surface area (Å²) in [6.45, 7) is 5.15. The number of benzene rings is 2. The fourth-order valence-corrected chi connectivity index (χ4v) is 3.86. The largest absolute Gasteiger partial charge is 0.379 e. The third-order valence-corrected chi connectivity index (χ3v) is 5.60. The summed E-state index contributed by atoms with van der Waals surface area (Å²) in [4.78, 5) is 27.9. The van der Waals surface area contributed by atoms with Gasteiger partial charge in [-0.25, -0.2) is 0 Å². The fourth-order valence-electron chi connectivity index (χ4n) is 3.01. The van der Waals surface area contributed by atoms with E-state index in [1.54, 1.807) is 6.07 Å². The lowest BCUT2D eigenvalue weighted by Crippen LogP contribution is -2.38. The molecule has 0 aromatic heterocycles. The van der Waals surface area contributed by atoms with Crippen molar-refractivity contribution in [3.63, 3.8) is 0 Å². The van der Waals surface area contributed by atoms with Gasteiger partial charge < -0.3 is 10.1 Å². The van der Waals surface area contributed by atoms with Gasteiger partial charge in [-0.05, 0) is 31.2 Å². The zero-order valence-corrected chi connectivity index (χ0v) is 16.7. The van der Waals surface area contributed by atoms with Gasteiger partial charge in [0.05, 0.1) is 19.0 Å². The summed E-state index contributed by atoms with van der Waals surface area (Å²) in [6.07, 6.45) is 0.922. The highest BCUT2D eigenvalue weighted by atomic mass is 32.2. The summed E-state index contributed by atoms with van der Waals surface area (Å²) >= 11 is 1.45. The molecule has 0 unspecified atom stereocenters. The Hall–Kier alpha value is -2.15. The summed E-state index contributed by atoms with van der Waals surface area (Å²) in [5, 5.41) is 2.98. The van der Waals surface area contributed by atoms with Gasteiger partial charge >= 0.3 is 0 Å². The number of hydrogen-bond acceptors (Lipinski definition) is 5. The van der Waals surface area contributed by atoms with Crippen LogP contribution in [0.3, 0.4) is 0 Å². The number of carbonyl (C=O) groups excluding carboxylic acids is 2. The maximum atomic E-state index is 12.4. The van der Waals surface area contributed by atoms with Crippen LogP contribution < -0.4 is 5.32 Å². The maximum absolute atomic E-state index is 12.4. The second-order valence-corrected chi connectivity index (χ2v) is 7.72. The van der Waals surface area contributed by atoms with Crippen LogP contribution in [0.4, 0.5) is 0 Å². The molecular weight excluding hydrogens is 372 g/mol. The Morgan fingerprint density at radius 1 is 1.00 bits per heavy atom. The normalized spacial score (nSPS) is 14.6. The minimum atomic E-state index is -0.0705. The molecule has 1 saturated heterocycles. The van der Waals surface area contributed by atoms with E-state index in [-0.39, 0.29) is 11.7 Å². The number of nitrogens with zero attached hydrogens (tertiary/aromatic N) is 1. The summed E-state index contributed by atoms with van der Waals surface area (Å²) in [6, 6.07) is 16.7. The highest BCUT2D eigenvalue weighted by Crippen LogP contribution is 2.20.